The molecule has 5 rings (SSSR count). The number of hydrogen-bond donors (Lipinski definition) is 4. The average molecular weight is 726 g/mol. The summed E-state index contributed by atoms with van der Waals surface area (Å²) in [5.74, 6) is -0.646. The third kappa shape index (κ3) is 9.26. The molecule has 2 aromatic carbocycles. The summed E-state index contributed by atoms with van der Waals surface area (Å²) in [6.45, 7) is 7.50. The van der Waals surface area contributed by atoms with Crippen molar-refractivity contribution in [1.29, 1.82) is 0 Å². The van der Waals surface area contributed by atoms with Gasteiger partial charge in [0.2, 0.25) is 15.9 Å². The Hall–Kier alpha value is -3.89. The lowest BCUT2D eigenvalue weighted by Gasteiger charge is -2.34. The predicted octanol–water partition coefficient (Wildman–Crippen LogP) is 3.05. The average Bonchev–Trinajstić information content (AvgIpc) is 3.84. The van der Waals surface area contributed by atoms with E-state index >= 15 is 0 Å². The number of amides is 3. The highest BCUT2D eigenvalue weighted by atomic mass is 32.2. The number of aromatic nitrogens is 1. The Kier molecular flexibility index (Phi) is 12.6. The lowest BCUT2D eigenvalue weighted by atomic mass is 9.97. The molecule has 13 nitrogen and oxygen atoms in total. The van der Waals surface area contributed by atoms with Crippen LogP contribution in [0.4, 0.5) is 4.79 Å². The van der Waals surface area contributed by atoms with E-state index in [2.05, 4.69) is 20.8 Å². The molecule has 2 fully saturated rings. The van der Waals surface area contributed by atoms with Crippen LogP contribution in [-0.2, 0) is 27.8 Å². The molecule has 3 aromatic rings. The topological polar surface area (TPSA) is 168 Å². The van der Waals surface area contributed by atoms with E-state index in [1.807, 2.05) is 56.5 Å². The first-order valence-electron chi connectivity index (χ1n) is 17.0. The number of carbonyl (C=O) groups is 2. The normalized spacial score (nSPS) is 18.8. The summed E-state index contributed by atoms with van der Waals surface area (Å²) in [6, 6.07) is 13.3. The first-order chi connectivity index (χ1) is 24.0. The molecule has 15 heteroatoms. The molecule has 1 unspecified atom stereocenters. The lowest BCUT2D eigenvalue weighted by molar-refractivity contribution is -0.128. The smallest absolute Gasteiger partial charge is 0.321 e. The fourth-order valence-electron chi connectivity index (χ4n) is 6.61. The summed E-state index contributed by atoms with van der Waals surface area (Å²) in [5.41, 5.74) is 2.19. The Morgan fingerprint density at radius 3 is 2.54 bits per heavy atom. The quantitative estimate of drug-likeness (QED) is 0.0994. The number of nitrogens with one attached hydrogen (secondary N) is 2. The van der Waals surface area contributed by atoms with E-state index in [0.29, 0.717) is 25.2 Å². The van der Waals surface area contributed by atoms with Gasteiger partial charge in [-0.15, -0.1) is 11.3 Å². The van der Waals surface area contributed by atoms with Crippen LogP contribution < -0.4 is 10.6 Å². The van der Waals surface area contributed by atoms with Crippen molar-refractivity contribution in [2.75, 3.05) is 32.7 Å². The molecule has 0 aliphatic carbocycles. The van der Waals surface area contributed by atoms with E-state index in [1.54, 1.807) is 9.80 Å². The summed E-state index contributed by atoms with van der Waals surface area (Å²) < 4.78 is 29.4. The molecule has 50 heavy (non-hydrogen) atoms. The van der Waals surface area contributed by atoms with Gasteiger partial charge in [-0.2, -0.15) is 4.31 Å². The fourth-order valence-corrected chi connectivity index (χ4v) is 8.72. The molecule has 4 atom stereocenters. The van der Waals surface area contributed by atoms with Gasteiger partial charge in [0.25, 0.3) is 0 Å². The van der Waals surface area contributed by atoms with Gasteiger partial charge in [-0.3, -0.25) is 4.79 Å². The zero-order valence-corrected chi connectivity index (χ0v) is 30.3. The number of rotatable bonds is 16. The van der Waals surface area contributed by atoms with Gasteiger partial charge in [-0.25, -0.2) is 18.2 Å². The minimum Gasteiger partial charge on any atom is -0.411 e. The Balaban J connectivity index is 1.38. The molecule has 3 amide bonds. The molecule has 0 saturated carbocycles. The SMILES string of the molecule is Cc1nc(CN2CCN([C@H](C(=O)N[C@@H](Cc3ccccc3)[C@H](O)CN(CC3CCCN3)S(=O)(=O)c3ccc(/C=N/O)cc3)C(C)C)C2=O)cs1. The van der Waals surface area contributed by atoms with Gasteiger partial charge in [0.05, 0.1) is 40.5 Å². The number of oxime groups is 1. The molecule has 1 aromatic heterocycles. The van der Waals surface area contributed by atoms with Crippen LogP contribution in [0.5, 0.6) is 0 Å². The molecule has 3 heterocycles. The zero-order valence-electron chi connectivity index (χ0n) is 28.7. The van der Waals surface area contributed by atoms with Crippen LogP contribution in [0.15, 0.2) is 70.0 Å². The number of aliphatic hydroxyl groups is 1. The van der Waals surface area contributed by atoms with Gasteiger partial charge in [-0.1, -0.05) is 61.5 Å². The van der Waals surface area contributed by atoms with Gasteiger partial charge in [-0.05, 0) is 61.9 Å². The van der Waals surface area contributed by atoms with Gasteiger partial charge < -0.3 is 30.7 Å². The Morgan fingerprint density at radius 2 is 1.92 bits per heavy atom. The molecule has 0 bridgehead atoms. The fraction of sp³-hybridized carbons (Fsp3) is 0.486. The first kappa shape index (κ1) is 37.4. The number of sulfonamides is 1. The molecule has 270 valence electrons. The van der Waals surface area contributed by atoms with Gasteiger partial charge in [0, 0.05) is 37.6 Å². The highest BCUT2D eigenvalue weighted by Crippen LogP contribution is 2.23. The van der Waals surface area contributed by atoms with E-state index in [9.17, 15) is 23.1 Å². The number of aliphatic hydroxyl groups excluding tert-OH is 1. The second kappa shape index (κ2) is 16.9. The minimum absolute atomic E-state index is 0.0335. The Morgan fingerprint density at radius 1 is 1.18 bits per heavy atom. The zero-order chi connectivity index (χ0) is 35.8. The van der Waals surface area contributed by atoms with Crippen molar-refractivity contribution in [1.82, 2.24) is 29.7 Å². The van der Waals surface area contributed by atoms with Crippen LogP contribution in [-0.4, -0.2) is 113 Å². The number of aryl methyl sites for hydroxylation is 1. The van der Waals surface area contributed by atoms with E-state index in [4.69, 9.17) is 5.21 Å². The number of urea groups is 1. The largest absolute Gasteiger partial charge is 0.411 e. The van der Waals surface area contributed by atoms with Crippen molar-refractivity contribution >= 4 is 39.5 Å². The molecule has 2 aliphatic heterocycles. The van der Waals surface area contributed by atoms with Crippen molar-refractivity contribution < 1.29 is 28.3 Å². The van der Waals surface area contributed by atoms with Crippen LogP contribution in [0.1, 0.15) is 48.5 Å². The summed E-state index contributed by atoms with van der Waals surface area (Å²) >= 11 is 1.52. The van der Waals surface area contributed by atoms with Crippen LogP contribution in [0.3, 0.4) is 0 Å². The molecular formula is C35H47N7O6S2. The number of carbonyl (C=O) groups excluding carboxylic acids is 2. The van der Waals surface area contributed by atoms with Crippen LogP contribution in [0, 0.1) is 12.8 Å². The summed E-state index contributed by atoms with van der Waals surface area (Å²) in [4.78, 5) is 35.5. The van der Waals surface area contributed by atoms with E-state index in [1.165, 1.54) is 46.1 Å². The maximum atomic E-state index is 14.1. The summed E-state index contributed by atoms with van der Waals surface area (Å²) in [7, 11) is -4.08. The van der Waals surface area contributed by atoms with Crippen LogP contribution in [0.25, 0.3) is 0 Å². The molecule has 2 saturated heterocycles. The van der Waals surface area contributed by atoms with E-state index in [-0.39, 0.29) is 42.4 Å². The molecule has 0 spiro atoms. The standard InChI is InChI=1S/C35H47N7O6S2/c1-24(2)33(42-17-16-40(35(42)45)20-29-23-49-25(3)38-29)34(44)39-31(18-26-8-5-4-6-9-26)32(43)22-41(21-28-10-7-15-36-28)50(47,48)30-13-11-27(12-14-30)19-37-46/h4-6,8-9,11-14,19,23-24,28,31-33,36,43,46H,7,10,15-18,20-22H2,1-3H3,(H,39,44)/b37-19+/t28?,31-,32+,33-/m0/s1. The van der Waals surface area contributed by atoms with Gasteiger partial charge in [0.15, 0.2) is 0 Å². The Bertz CT molecular complexity index is 1710. The number of benzene rings is 2. The van der Waals surface area contributed by atoms with E-state index < -0.39 is 34.1 Å². The van der Waals surface area contributed by atoms with Crippen LogP contribution in [0.2, 0.25) is 0 Å². The third-order valence-electron chi connectivity index (χ3n) is 9.17. The number of nitrogens with zero attached hydrogens (tertiary/aromatic N) is 5. The maximum Gasteiger partial charge on any atom is 0.321 e. The predicted molar refractivity (Wildman–Crippen MR) is 192 cm³/mol. The first-order valence-corrected chi connectivity index (χ1v) is 19.3. The summed E-state index contributed by atoms with van der Waals surface area (Å²) in [6.07, 6.45) is 1.86. The van der Waals surface area contributed by atoms with Crippen LogP contribution >= 0.6 is 11.3 Å². The third-order valence-corrected chi connectivity index (χ3v) is 11.8. The van der Waals surface area contributed by atoms with Gasteiger partial charge >= 0.3 is 6.03 Å². The highest BCUT2D eigenvalue weighted by Gasteiger charge is 2.41. The molecule has 4 N–H and O–H groups in total. The molecular weight excluding hydrogens is 679 g/mol. The maximum absolute atomic E-state index is 14.1. The number of thiazole rings is 1. The van der Waals surface area contributed by atoms with Crippen molar-refractivity contribution in [3.05, 3.63) is 81.8 Å². The monoisotopic (exact) mass is 725 g/mol. The van der Waals surface area contributed by atoms with Crippen molar-refractivity contribution in [3.8, 4) is 0 Å². The van der Waals surface area contributed by atoms with E-state index in [0.717, 1.165) is 35.7 Å². The van der Waals surface area contributed by atoms with Crippen molar-refractivity contribution in [2.45, 2.75) is 75.7 Å². The Labute approximate surface area is 298 Å². The minimum atomic E-state index is -4.08. The lowest BCUT2D eigenvalue weighted by Crippen LogP contribution is -2.57. The van der Waals surface area contributed by atoms with Gasteiger partial charge in [0.1, 0.15) is 6.04 Å². The second-order valence-electron chi connectivity index (χ2n) is 13.2. The summed E-state index contributed by atoms with van der Waals surface area (Å²) in [5, 5.41) is 33.0. The molecule has 2 aliphatic rings. The number of hydrogen-bond acceptors (Lipinski definition) is 10. The molecule has 0 radical (unpaired) electrons. The highest BCUT2D eigenvalue weighted by molar-refractivity contribution is 7.89. The van der Waals surface area contributed by atoms with Crippen molar-refractivity contribution in [3.63, 3.8) is 0 Å². The second-order valence-corrected chi connectivity index (χ2v) is 16.2. The van der Waals surface area contributed by atoms with Crippen molar-refractivity contribution in [2.24, 2.45) is 11.1 Å².